The molecule has 0 bridgehead atoms. The first-order valence-corrected chi connectivity index (χ1v) is 7.87. The summed E-state index contributed by atoms with van der Waals surface area (Å²) < 4.78 is 40.4. The van der Waals surface area contributed by atoms with E-state index in [1.54, 1.807) is 35.1 Å². The second-order valence-electron chi connectivity index (χ2n) is 5.36. The van der Waals surface area contributed by atoms with Crippen LogP contribution in [0.2, 0.25) is 5.02 Å². The molecule has 0 aliphatic heterocycles. The summed E-state index contributed by atoms with van der Waals surface area (Å²) >= 11 is 5.88. The van der Waals surface area contributed by atoms with Crippen LogP contribution in [0, 0.1) is 6.92 Å². The van der Waals surface area contributed by atoms with Crippen molar-refractivity contribution in [1.29, 1.82) is 0 Å². The smallest absolute Gasteiger partial charge is 0.372 e. The molecule has 1 aromatic carbocycles. The molecular weight excluding hydrogens is 369 g/mol. The maximum Gasteiger partial charge on any atom is 0.421 e. The molecule has 10 heteroatoms. The van der Waals surface area contributed by atoms with Crippen LogP contribution in [-0.2, 0) is 6.18 Å². The Balaban J connectivity index is 1.89. The number of halogens is 4. The maximum atomic E-state index is 12.9. The van der Waals surface area contributed by atoms with Crippen LogP contribution in [-0.4, -0.2) is 26.8 Å². The molecule has 0 aliphatic carbocycles. The Bertz CT molecular complexity index is 921. The number of hydrogen-bond donors (Lipinski definition) is 2. The number of hydrogen-bond acceptors (Lipinski definition) is 5. The van der Waals surface area contributed by atoms with Crippen molar-refractivity contribution in [2.45, 2.75) is 13.1 Å². The first-order chi connectivity index (χ1) is 12.3. The molecule has 0 fully saturated rings. The van der Waals surface area contributed by atoms with Crippen LogP contribution < -0.4 is 10.6 Å². The zero-order valence-electron chi connectivity index (χ0n) is 13.8. The molecule has 0 amide bonds. The number of aromatic nitrogens is 4. The van der Waals surface area contributed by atoms with Crippen LogP contribution in [0.5, 0.6) is 0 Å². The number of anilines is 3. The Labute approximate surface area is 152 Å². The van der Waals surface area contributed by atoms with Gasteiger partial charge in [-0.05, 0) is 31.2 Å². The minimum Gasteiger partial charge on any atom is -0.372 e. The van der Waals surface area contributed by atoms with E-state index in [2.05, 4.69) is 25.7 Å². The highest BCUT2D eigenvalue weighted by molar-refractivity contribution is 6.30. The van der Waals surface area contributed by atoms with Gasteiger partial charge in [0.2, 0.25) is 5.95 Å². The van der Waals surface area contributed by atoms with E-state index in [1.807, 2.05) is 6.92 Å². The monoisotopic (exact) mass is 382 g/mol. The molecule has 2 aromatic heterocycles. The quantitative estimate of drug-likeness (QED) is 0.698. The van der Waals surface area contributed by atoms with Crippen LogP contribution >= 0.6 is 11.6 Å². The highest BCUT2D eigenvalue weighted by Crippen LogP contribution is 2.34. The van der Waals surface area contributed by atoms with Crippen molar-refractivity contribution in [2.75, 3.05) is 17.7 Å². The zero-order valence-corrected chi connectivity index (χ0v) is 14.5. The lowest BCUT2D eigenvalue weighted by atomic mass is 10.3. The molecule has 2 heterocycles. The Morgan fingerprint density at radius 1 is 1.12 bits per heavy atom. The van der Waals surface area contributed by atoms with E-state index in [-0.39, 0.29) is 11.8 Å². The molecule has 0 saturated heterocycles. The molecule has 2 N–H and O–H groups in total. The number of nitrogens with zero attached hydrogens (tertiary/aromatic N) is 4. The number of nitrogens with one attached hydrogen (secondary N) is 2. The summed E-state index contributed by atoms with van der Waals surface area (Å²) in [4.78, 5) is 7.63. The van der Waals surface area contributed by atoms with Gasteiger partial charge in [-0.2, -0.15) is 23.3 Å². The molecule has 3 aromatic rings. The summed E-state index contributed by atoms with van der Waals surface area (Å²) in [5.41, 5.74) is 1.17. The standard InChI is InChI=1S/C16H14ClF3N6/c1-9-13(8-23-26(9)11-5-3-10(17)4-6-11)24-15-22-7-12(16(18,19)20)14(21-2)25-15/h3-8H,1-2H3,(H2,21,22,24,25). The fourth-order valence-corrected chi connectivity index (χ4v) is 2.46. The predicted octanol–water partition coefficient (Wildman–Crippen LogP) is 4.43. The minimum absolute atomic E-state index is 0.0288. The van der Waals surface area contributed by atoms with Gasteiger partial charge in [0.1, 0.15) is 11.4 Å². The topological polar surface area (TPSA) is 67.7 Å². The van der Waals surface area contributed by atoms with Gasteiger partial charge in [0.05, 0.1) is 23.3 Å². The summed E-state index contributed by atoms with van der Waals surface area (Å²) in [6.45, 7) is 1.81. The summed E-state index contributed by atoms with van der Waals surface area (Å²) in [6, 6.07) is 7.09. The van der Waals surface area contributed by atoms with Gasteiger partial charge in [-0.1, -0.05) is 11.6 Å². The van der Waals surface area contributed by atoms with Crippen LogP contribution in [0.1, 0.15) is 11.3 Å². The Hall–Kier alpha value is -2.81. The van der Waals surface area contributed by atoms with E-state index in [4.69, 9.17) is 11.6 Å². The lowest BCUT2D eigenvalue weighted by molar-refractivity contribution is -0.137. The molecule has 0 unspecified atom stereocenters. The fourth-order valence-electron chi connectivity index (χ4n) is 2.34. The third-order valence-corrected chi connectivity index (χ3v) is 3.91. The van der Waals surface area contributed by atoms with Crippen molar-refractivity contribution in [3.05, 3.63) is 52.9 Å². The third-order valence-electron chi connectivity index (χ3n) is 3.66. The zero-order chi connectivity index (χ0) is 18.9. The second-order valence-corrected chi connectivity index (χ2v) is 5.80. The summed E-state index contributed by atoms with van der Waals surface area (Å²) in [5, 5.41) is 10.2. The van der Waals surface area contributed by atoms with Crippen molar-refractivity contribution in [1.82, 2.24) is 19.7 Å². The SMILES string of the molecule is CNc1nc(Nc2cnn(-c3ccc(Cl)cc3)c2C)ncc1C(F)(F)F. The average molecular weight is 383 g/mol. The van der Waals surface area contributed by atoms with E-state index in [1.165, 1.54) is 7.05 Å². The normalized spacial score (nSPS) is 11.5. The number of benzene rings is 1. The molecule has 0 atom stereocenters. The van der Waals surface area contributed by atoms with Gasteiger partial charge in [0.15, 0.2) is 0 Å². The minimum atomic E-state index is -4.54. The summed E-state index contributed by atoms with van der Waals surface area (Å²) in [6.07, 6.45) is -2.25. The van der Waals surface area contributed by atoms with Gasteiger partial charge in [-0.25, -0.2) is 9.67 Å². The molecule has 3 rings (SSSR count). The highest BCUT2D eigenvalue weighted by Gasteiger charge is 2.35. The van der Waals surface area contributed by atoms with Crippen LogP contribution in [0.15, 0.2) is 36.7 Å². The molecular formula is C16H14ClF3N6. The van der Waals surface area contributed by atoms with Crippen molar-refractivity contribution in [3.8, 4) is 5.69 Å². The molecule has 0 radical (unpaired) electrons. The molecule has 0 spiro atoms. The summed E-state index contributed by atoms with van der Waals surface area (Å²) in [7, 11) is 1.37. The van der Waals surface area contributed by atoms with E-state index in [9.17, 15) is 13.2 Å². The molecule has 0 aliphatic rings. The van der Waals surface area contributed by atoms with Crippen molar-refractivity contribution in [3.63, 3.8) is 0 Å². The van der Waals surface area contributed by atoms with E-state index >= 15 is 0 Å². The molecule has 26 heavy (non-hydrogen) atoms. The first-order valence-electron chi connectivity index (χ1n) is 7.49. The molecule has 136 valence electrons. The van der Waals surface area contributed by atoms with Gasteiger partial charge in [-0.15, -0.1) is 0 Å². The lowest BCUT2D eigenvalue weighted by Crippen LogP contribution is -2.12. The summed E-state index contributed by atoms with van der Waals surface area (Å²) in [5.74, 6) is -0.279. The van der Waals surface area contributed by atoms with Crippen molar-refractivity contribution in [2.24, 2.45) is 0 Å². The van der Waals surface area contributed by atoms with Gasteiger partial charge >= 0.3 is 6.18 Å². The van der Waals surface area contributed by atoms with Gasteiger partial charge in [0.25, 0.3) is 0 Å². The van der Waals surface area contributed by atoms with Gasteiger partial charge < -0.3 is 10.6 Å². The Kier molecular flexibility index (Phi) is 4.73. The van der Waals surface area contributed by atoms with Crippen LogP contribution in [0.3, 0.4) is 0 Å². The van der Waals surface area contributed by atoms with Crippen LogP contribution in [0.4, 0.5) is 30.6 Å². The van der Waals surface area contributed by atoms with E-state index in [0.717, 1.165) is 17.6 Å². The highest BCUT2D eigenvalue weighted by atomic mass is 35.5. The molecule has 0 saturated carbocycles. The van der Waals surface area contributed by atoms with Crippen molar-refractivity contribution < 1.29 is 13.2 Å². The van der Waals surface area contributed by atoms with E-state index < -0.39 is 11.7 Å². The van der Waals surface area contributed by atoms with Crippen LogP contribution in [0.25, 0.3) is 5.69 Å². The predicted molar refractivity (Wildman–Crippen MR) is 93.2 cm³/mol. The van der Waals surface area contributed by atoms with Gasteiger partial charge in [0, 0.05) is 18.3 Å². The van der Waals surface area contributed by atoms with Crippen molar-refractivity contribution >= 4 is 29.1 Å². The third kappa shape index (κ3) is 3.57. The average Bonchev–Trinajstić information content (AvgIpc) is 2.95. The Morgan fingerprint density at radius 3 is 2.42 bits per heavy atom. The van der Waals surface area contributed by atoms with Gasteiger partial charge in [-0.3, -0.25) is 0 Å². The molecule has 6 nitrogen and oxygen atoms in total. The number of alkyl halides is 3. The Morgan fingerprint density at radius 2 is 1.81 bits per heavy atom. The lowest BCUT2D eigenvalue weighted by Gasteiger charge is -2.12. The first kappa shape index (κ1) is 18.0. The van der Waals surface area contributed by atoms with E-state index in [0.29, 0.717) is 10.7 Å². The fraction of sp³-hybridized carbons (Fsp3) is 0.188. The largest absolute Gasteiger partial charge is 0.421 e. The maximum absolute atomic E-state index is 12.9. The second kappa shape index (κ2) is 6.83. The number of rotatable bonds is 4.